The van der Waals surface area contributed by atoms with Gasteiger partial charge in [0, 0.05) is 22.3 Å². The van der Waals surface area contributed by atoms with Crippen molar-refractivity contribution in [1.82, 2.24) is 5.32 Å². The summed E-state index contributed by atoms with van der Waals surface area (Å²) in [4.78, 5) is 23.6. The number of sulfonamides is 1. The van der Waals surface area contributed by atoms with Gasteiger partial charge in [-0.15, -0.1) is 0 Å². The molecular formula is C15H13Cl2N3O4S. The summed E-state index contributed by atoms with van der Waals surface area (Å²) in [6.07, 6.45) is 0. The number of halogens is 2. The molecule has 132 valence electrons. The number of benzene rings is 2. The molecule has 2 aromatic carbocycles. The van der Waals surface area contributed by atoms with E-state index in [0.29, 0.717) is 15.6 Å². The third-order valence-electron chi connectivity index (χ3n) is 3.03. The Kier molecular flexibility index (Phi) is 6.02. The van der Waals surface area contributed by atoms with E-state index in [4.69, 9.17) is 28.3 Å². The first-order valence-electron chi connectivity index (χ1n) is 6.82. The molecule has 0 unspecified atom stereocenters. The van der Waals surface area contributed by atoms with E-state index < -0.39 is 21.8 Å². The van der Waals surface area contributed by atoms with Crippen LogP contribution < -0.4 is 15.8 Å². The molecule has 0 aliphatic heterocycles. The van der Waals surface area contributed by atoms with Crippen molar-refractivity contribution in [2.24, 2.45) is 5.14 Å². The summed E-state index contributed by atoms with van der Waals surface area (Å²) < 4.78 is 22.3. The van der Waals surface area contributed by atoms with Crippen LogP contribution in [0.1, 0.15) is 5.56 Å². The van der Waals surface area contributed by atoms with Gasteiger partial charge in [0.05, 0.1) is 4.90 Å². The average molecular weight is 402 g/mol. The van der Waals surface area contributed by atoms with Crippen LogP contribution in [0.3, 0.4) is 0 Å². The Morgan fingerprint density at radius 2 is 1.52 bits per heavy atom. The topological polar surface area (TPSA) is 118 Å². The molecule has 2 amide bonds. The Hall–Kier alpha value is -2.13. The summed E-state index contributed by atoms with van der Waals surface area (Å²) in [5, 5.41) is 10.4. The lowest BCUT2D eigenvalue weighted by Crippen LogP contribution is -2.34. The smallest absolute Gasteiger partial charge is 0.313 e. The van der Waals surface area contributed by atoms with E-state index in [0.717, 1.165) is 0 Å². The molecule has 2 rings (SSSR count). The number of hydrogen-bond donors (Lipinski definition) is 3. The van der Waals surface area contributed by atoms with Gasteiger partial charge in [-0.2, -0.15) is 0 Å². The zero-order valence-corrected chi connectivity index (χ0v) is 15.0. The second-order valence-corrected chi connectivity index (χ2v) is 7.42. The summed E-state index contributed by atoms with van der Waals surface area (Å²) in [7, 11) is -3.78. The monoisotopic (exact) mass is 401 g/mol. The molecule has 0 aliphatic rings. The summed E-state index contributed by atoms with van der Waals surface area (Å²) >= 11 is 11.6. The lowest BCUT2D eigenvalue weighted by atomic mass is 10.2. The molecule has 0 fully saturated rings. The Morgan fingerprint density at radius 3 is 2.04 bits per heavy atom. The van der Waals surface area contributed by atoms with Crippen LogP contribution in [0, 0.1) is 0 Å². The van der Waals surface area contributed by atoms with Crippen molar-refractivity contribution >= 4 is 50.7 Å². The minimum absolute atomic E-state index is 0.0352. The van der Waals surface area contributed by atoms with Crippen molar-refractivity contribution < 1.29 is 18.0 Å². The van der Waals surface area contributed by atoms with Crippen molar-refractivity contribution in [1.29, 1.82) is 0 Å². The predicted molar refractivity (Wildman–Crippen MR) is 94.8 cm³/mol. The number of anilines is 1. The van der Waals surface area contributed by atoms with E-state index in [1.807, 2.05) is 0 Å². The van der Waals surface area contributed by atoms with Crippen LogP contribution in [0.15, 0.2) is 47.4 Å². The van der Waals surface area contributed by atoms with Crippen molar-refractivity contribution in [3.05, 3.63) is 58.1 Å². The van der Waals surface area contributed by atoms with Gasteiger partial charge < -0.3 is 10.6 Å². The van der Waals surface area contributed by atoms with Gasteiger partial charge in [0.15, 0.2) is 0 Å². The fraction of sp³-hybridized carbons (Fsp3) is 0.0667. The van der Waals surface area contributed by atoms with E-state index in [1.165, 1.54) is 42.5 Å². The predicted octanol–water partition coefficient (Wildman–Crippen LogP) is 1.90. The molecule has 4 N–H and O–H groups in total. The van der Waals surface area contributed by atoms with Gasteiger partial charge in [-0.25, -0.2) is 13.6 Å². The normalized spacial score (nSPS) is 11.0. The van der Waals surface area contributed by atoms with E-state index in [-0.39, 0.29) is 17.1 Å². The molecule has 0 saturated heterocycles. The first kappa shape index (κ1) is 19.2. The Labute approximate surface area is 154 Å². The lowest BCUT2D eigenvalue weighted by molar-refractivity contribution is -0.136. The third-order valence-corrected chi connectivity index (χ3v) is 4.40. The fourth-order valence-electron chi connectivity index (χ4n) is 1.87. The number of primary sulfonamides is 1. The van der Waals surface area contributed by atoms with E-state index in [9.17, 15) is 18.0 Å². The maximum Gasteiger partial charge on any atom is 0.313 e. The van der Waals surface area contributed by atoms with Crippen LogP contribution >= 0.6 is 23.2 Å². The molecule has 0 atom stereocenters. The molecule has 0 aliphatic carbocycles. The summed E-state index contributed by atoms with van der Waals surface area (Å²) in [6, 6.07) is 9.97. The highest BCUT2D eigenvalue weighted by molar-refractivity contribution is 7.89. The zero-order valence-electron chi connectivity index (χ0n) is 12.6. The summed E-state index contributed by atoms with van der Waals surface area (Å²) in [5.74, 6) is -1.76. The third kappa shape index (κ3) is 5.71. The largest absolute Gasteiger partial charge is 0.344 e. The van der Waals surface area contributed by atoms with Crippen LogP contribution in [0.25, 0.3) is 0 Å². The molecule has 0 saturated carbocycles. The highest BCUT2D eigenvalue weighted by atomic mass is 35.5. The van der Waals surface area contributed by atoms with Gasteiger partial charge in [-0.05, 0) is 35.9 Å². The van der Waals surface area contributed by atoms with Gasteiger partial charge in [-0.3, -0.25) is 9.59 Å². The Balaban J connectivity index is 1.94. The van der Waals surface area contributed by atoms with Gasteiger partial charge in [0.2, 0.25) is 10.0 Å². The first-order valence-corrected chi connectivity index (χ1v) is 9.12. The number of hydrogen-bond acceptors (Lipinski definition) is 4. The molecule has 10 heteroatoms. The quantitative estimate of drug-likeness (QED) is 0.677. The lowest BCUT2D eigenvalue weighted by Gasteiger charge is -2.08. The van der Waals surface area contributed by atoms with Crippen LogP contribution in [0.5, 0.6) is 0 Å². The van der Waals surface area contributed by atoms with Crippen LogP contribution in [0.4, 0.5) is 5.69 Å². The summed E-state index contributed by atoms with van der Waals surface area (Å²) in [5.41, 5.74) is 0.884. The Bertz CT molecular complexity index is 895. The second kappa shape index (κ2) is 7.83. The second-order valence-electron chi connectivity index (χ2n) is 4.98. The maximum atomic E-state index is 11.8. The molecule has 0 bridgehead atoms. The van der Waals surface area contributed by atoms with Crippen molar-refractivity contribution in [3.63, 3.8) is 0 Å². The zero-order chi connectivity index (χ0) is 18.6. The molecule has 25 heavy (non-hydrogen) atoms. The number of nitrogens with two attached hydrogens (primary N) is 1. The average Bonchev–Trinajstić information content (AvgIpc) is 2.51. The molecule has 0 aromatic heterocycles. The molecular weight excluding hydrogens is 389 g/mol. The highest BCUT2D eigenvalue weighted by Crippen LogP contribution is 2.22. The van der Waals surface area contributed by atoms with Crippen molar-refractivity contribution in [3.8, 4) is 0 Å². The number of carbonyl (C=O) groups excluding carboxylic acids is 2. The van der Waals surface area contributed by atoms with Crippen molar-refractivity contribution in [2.75, 3.05) is 5.32 Å². The molecule has 0 spiro atoms. The van der Waals surface area contributed by atoms with Gasteiger partial charge in [0.1, 0.15) is 0 Å². The maximum absolute atomic E-state index is 11.8. The molecule has 7 nitrogen and oxygen atoms in total. The van der Waals surface area contributed by atoms with Gasteiger partial charge >= 0.3 is 11.8 Å². The fourth-order valence-corrected chi connectivity index (χ4v) is 2.91. The van der Waals surface area contributed by atoms with Crippen LogP contribution in [-0.4, -0.2) is 20.2 Å². The standard InChI is InChI=1S/C15H13Cl2N3O4S/c16-10-5-11(17)7-12(6-10)20-15(22)14(21)19-8-9-1-3-13(4-2-9)25(18,23)24/h1-7H,8H2,(H,19,21)(H,20,22)(H2,18,23,24). The number of carbonyl (C=O) groups is 2. The molecule has 0 radical (unpaired) electrons. The minimum Gasteiger partial charge on any atom is -0.344 e. The molecule has 2 aromatic rings. The number of nitrogens with one attached hydrogen (secondary N) is 2. The summed E-state index contributed by atoms with van der Waals surface area (Å²) in [6.45, 7) is 0.0352. The van der Waals surface area contributed by atoms with E-state index in [1.54, 1.807) is 0 Å². The first-order chi connectivity index (χ1) is 11.6. The van der Waals surface area contributed by atoms with Gasteiger partial charge in [0.25, 0.3) is 0 Å². The number of amides is 2. The highest BCUT2D eigenvalue weighted by Gasteiger charge is 2.14. The van der Waals surface area contributed by atoms with Crippen molar-refractivity contribution in [2.45, 2.75) is 11.4 Å². The van der Waals surface area contributed by atoms with Gasteiger partial charge in [-0.1, -0.05) is 35.3 Å². The number of rotatable bonds is 4. The Morgan fingerprint density at radius 1 is 0.960 bits per heavy atom. The molecule has 0 heterocycles. The van der Waals surface area contributed by atoms with E-state index >= 15 is 0 Å². The SMILES string of the molecule is NS(=O)(=O)c1ccc(CNC(=O)C(=O)Nc2cc(Cl)cc(Cl)c2)cc1. The van der Waals surface area contributed by atoms with Crippen LogP contribution in [-0.2, 0) is 26.2 Å². The minimum atomic E-state index is -3.78. The van der Waals surface area contributed by atoms with Crippen LogP contribution in [0.2, 0.25) is 10.0 Å². The van der Waals surface area contributed by atoms with E-state index in [2.05, 4.69) is 10.6 Å².